The van der Waals surface area contributed by atoms with Crippen LogP contribution in [0.15, 0.2) is 24.3 Å². The van der Waals surface area contributed by atoms with Gasteiger partial charge in [0.05, 0.1) is 25.4 Å². The van der Waals surface area contributed by atoms with Gasteiger partial charge < -0.3 is 45.4 Å². The molecule has 1 rings (SSSR count). The average molecular weight is 700 g/mol. The Morgan fingerprint density at radius 1 is 0.694 bits per heavy atom. The topological polar surface area (TPSA) is 169 Å². The third-order valence-electron chi connectivity index (χ3n) is 9.38. The number of hydrogen-bond donors (Lipinski definition) is 7. The minimum Gasteiger partial charge on any atom is -0.394 e. The van der Waals surface area contributed by atoms with E-state index in [0.29, 0.717) is 6.42 Å². The quantitative estimate of drug-likeness (QED) is 0.0352. The number of aliphatic hydroxyl groups is 6. The Bertz CT molecular complexity index is 839. The minimum atomic E-state index is -1.61. The summed E-state index contributed by atoms with van der Waals surface area (Å²) in [6.07, 6.45) is 22.8. The largest absolute Gasteiger partial charge is 0.394 e. The molecule has 0 aromatic carbocycles. The monoisotopic (exact) mass is 700 g/mol. The Balaban J connectivity index is 2.52. The van der Waals surface area contributed by atoms with Gasteiger partial charge in [-0.2, -0.15) is 0 Å². The summed E-state index contributed by atoms with van der Waals surface area (Å²) in [4.78, 5) is 12.9. The minimum absolute atomic E-state index is 0.288. The van der Waals surface area contributed by atoms with Crippen LogP contribution in [0.25, 0.3) is 0 Å². The van der Waals surface area contributed by atoms with Crippen molar-refractivity contribution in [3.8, 4) is 0 Å². The van der Waals surface area contributed by atoms with E-state index in [1.807, 2.05) is 6.08 Å². The van der Waals surface area contributed by atoms with Gasteiger partial charge in [-0.25, -0.2) is 0 Å². The molecule has 10 nitrogen and oxygen atoms in total. The molecule has 0 radical (unpaired) electrons. The van der Waals surface area contributed by atoms with Gasteiger partial charge in [0, 0.05) is 0 Å². The summed E-state index contributed by atoms with van der Waals surface area (Å²) in [6, 6.07) is -0.981. The molecule has 0 aromatic rings. The lowest BCUT2D eigenvalue weighted by Crippen LogP contribution is -2.60. The molecule has 1 amide bonds. The molecular formula is C39H73NO9. The van der Waals surface area contributed by atoms with Crippen molar-refractivity contribution in [2.75, 3.05) is 13.2 Å². The van der Waals surface area contributed by atoms with Gasteiger partial charge in [-0.05, 0) is 38.5 Å². The zero-order chi connectivity index (χ0) is 36.1. The number of hydrogen-bond acceptors (Lipinski definition) is 9. The van der Waals surface area contributed by atoms with Crippen LogP contribution < -0.4 is 5.32 Å². The summed E-state index contributed by atoms with van der Waals surface area (Å²) in [7, 11) is 0. The molecule has 8 atom stereocenters. The number of carbonyl (C=O) groups excluding carboxylic acids is 1. The SMILES string of the molecule is CCCC/C=C\CCCCCC(O)C(=O)NC(COC1OC(CO)C(O)C(O)C1O)C(O)/C=C/CCCCCCCCCCCCCCC. The summed E-state index contributed by atoms with van der Waals surface area (Å²) in [6.45, 7) is 3.51. The first kappa shape index (κ1) is 45.7. The van der Waals surface area contributed by atoms with Gasteiger partial charge in [0.1, 0.15) is 30.5 Å². The average Bonchev–Trinajstić information content (AvgIpc) is 3.10. The van der Waals surface area contributed by atoms with Crippen molar-refractivity contribution in [3.63, 3.8) is 0 Å². The number of carbonyl (C=O) groups is 1. The van der Waals surface area contributed by atoms with Crippen LogP contribution in [0.4, 0.5) is 0 Å². The molecule has 0 spiro atoms. The predicted octanol–water partition coefficient (Wildman–Crippen LogP) is 5.74. The zero-order valence-electron chi connectivity index (χ0n) is 30.8. The van der Waals surface area contributed by atoms with Crippen LogP contribution in [0.3, 0.4) is 0 Å². The van der Waals surface area contributed by atoms with Crippen molar-refractivity contribution >= 4 is 5.91 Å². The van der Waals surface area contributed by atoms with Crippen LogP contribution >= 0.6 is 0 Å². The fourth-order valence-electron chi connectivity index (χ4n) is 6.02. The van der Waals surface area contributed by atoms with E-state index < -0.39 is 61.5 Å². The van der Waals surface area contributed by atoms with E-state index in [-0.39, 0.29) is 13.0 Å². The Morgan fingerprint density at radius 3 is 1.78 bits per heavy atom. The van der Waals surface area contributed by atoms with Crippen LogP contribution in [0, 0.1) is 0 Å². The normalized spacial score (nSPS) is 23.3. The van der Waals surface area contributed by atoms with Crippen molar-refractivity contribution in [1.29, 1.82) is 0 Å². The smallest absolute Gasteiger partial charge is 0.249 e. The van der Waals surface area contributed by atoms with Gasteiger partial charge in [-0.15, -0.1) is 0 Å². The van der Waals surface area contributed by atoms with Gasteiger partial charge >= 0.3 is 0 Å². The maximum Gasteiger partial charge on any atom is 0.249 e. The summed E-state index contributed by atoms with van der Waals surface area (Å²) >= 11 is 0. The second kappa shape index (κ2) is 30.3. The van der Waals surface area contributed by atoms with E-state index >= 15 is 0 Å². The van der Waals surface area contributed by atoms with Crippen LogP contribution in [0.2, 0.25) is 0 Å². The number of amides is 1. The molecule has 1 aliphatic heterocycles. The number of aliphatic hydroxyl groups excluding tert-OH is 6. The predicted molar refractivity (Wildman–Crippen MR) is 195 cm³/mol. The summed E-state index contributed by atoms with van der Waals surface area (Å²) in [5.41, 5.74) is 0. The van der Waals surface area contributed by atoms with Crippen molar-refractivity contribution < 1.29 is 44.9 Å². The highest BCUT2D eigenvalue weighted by Gasteiger charge is 2.44. The Labute approximate surface area is 297 Å². The van der Waals surface area contributed by atoms with Crippen LogP contribution in [0.5, 0.6) is 0 Å². The molecule has 0 saturated carbocycles. The first-order valence-electron chi connectivity index (χ1n) is 19.7. The first-order valence-corrected chi connectivity index (χ1v) is 19.7. The molecule has 288 valence electrons. The molecular weight excluding hydrogens is 626 g/mol. The Hall–Kier alpha value is -1.37. The molecule has 10 heteroatoms. The van der Waals surface area contributed by atoms with Gasteiger partial charge in [0.25, 0.3) is 0 Å². The highest BCUT2D eigenvalue weighted by molar-refractivity contribution is 5.80. The Kier molecular flexibility index (Phi) is 28.2. The van der Waals surface area contributed by atoms with Gasteiger partial charge in [-0.1, -0.05) is 141 Å². The molecule has 7 N–H and O–H groups in total. The van der Waals surface area contributed by atoms with E-state index in [9.17, 15) is 35.4 Å². The maximum atomic E-state index is 12.9. The van der Waals surface area contributed by atoms with E-state index in [2.05, 4.69) is 31.3 Å². The number of nitrogens with one attached hydrogen (secondary N) is 1. The third kappa shape index (κ3) is 21.6. The van der Waals surface area contributed by atoms with Gasteiger partial charge in [0.15, 0.2) is 6.29 Å². The zero-order valence-corrected chi connectivity index (χ0v) is 30.8. The lowest BCUT2D eigenvalue weighted by Gasteiger charge is -2.40. The molecule has 0 bridgehead atoms. The number of ether oxygens (including phenoxy) is 2. The van der Waals surface area contributed by atoms with Crippen LogP contribution in [0.1, 0.15) is 155 Å². The van der Waals surface area contributed by atoms with Crippen molar-refractivity contribution in [2.24, 2.45) is 0 Å². The summed E-state index contributed by atoms with van der Waals surface area (Å²) in [5.74, 6) is -0.634. The van der Waals surface area contributed by atoms with Crippen LogP contribution in [-0.4, -0.2) is 98.7 Å². The Morgan fingerprint density at radius 2 is 1.20 bits per heavy atom. The number of unbranched alkanes of at least 4 members (excludes halogenated alkanes) is 18. The third-order valence-corrected chi connectivity index (χ3v) is 9.38. The highest BCUT2D eigenvalue weighted by atomic mass is 16.7. The lowest BCUT2D eigenvalue weighted by atomic mass is 9.99. The first-order chi connectivity index (χ1) is 23.8. The van der Waals surface area contributed by atoms with Gasteiger partial charge in [-0.3, -0.25) is 4.79 Å². The number of allylic oxidation sites excluding steroid dienone is 3. The maximum absolute atomic E-state index is 12.9. The molecule has 0 aliphatic carbocycles. The standard InChI is InChI=1S/C39H73NO9/c1-3-5-7-9-11-13-14-15-16-17-18-20-21-23-25-27-32(42)31(30-48-39-37(46)36(45)35(44)34(29-41)49-39)40-38(47)33(43)28-26-24-22-19-12-10-8-6-4-2/h10,12,25,27,31-37,39,41-46H,3-9,11,13-24,26,28-30H2,1-2H3,(H,40,47)/b12-10-,27-25+. The van der Waals surface area contributed by atoms with Gasteiger partial charge in [0.2, 0.25) is 5.91 Å². The van der Waals surface area contributed by atoms with Crippen molar-refractivity contribution in [1.82, 2.24) is 5.32 Å². The van der Waals surface area contributed by atoms with Crippen molar-refractivity contribution in [3.05, 3.63) is 24.3 Å². The van der Waals surface area contributed by atoms with Crippen molar-refractivity contribution in [2.45, 2.75) is 204 Å². The molecule has 8 unspecified atom stereocenters. The molecule has 0 aromatic heterocycles. The van der Waals surface area contributed by atoms with E-state index in [1.54, 1.807) is 6.08 Å². The summed E-state index contributed by atoms with van der Waals surface area (Å²) in [5, 5.41) is 64.2. The molecule has 1 aliphatic rings. The fourth-order valence-corrected chi connectivity index (χ4v) is 6.02. The van der Waals surface area contributed by atoms with E-state index in [0.717, 1.165) is 44.9 Å². The number of rotatable bonds is 31. The fraction of sp³-hybridized carbons (Fsp3) is 0.872. The second-order valence-electron chi connectivity index (χ2n) is 13.9. The molecule has 49 heavy (non-hydrogen) atoms. The molecule has 1 fully saturated rings. The van der Waals surface area contributed by atoms with E-state index in [4.69, 9.17) is 9.47 Å². The molecule has 1 saturated heterocycles. The van der Waals surface area contributed by atoms with E-state index in [1.165, 1.54) is 83.5 Å². The lowest BCUT2D eigenvalue weighted by molar-refractivity contribution is -0.302. The second-order valence-corrected chi connectivity index (χ2v) is 13.9. The highest BCUT2D eigenvalue weighted by Crippen LogP contribution is 2.22. The van der Waals surface area contributed by atoms with Crippen LogP contribution in [-0.2, 0) is 14.3 Å². The molecule has 1 heterocycles. The summed E-state index contributed by atoms with van der Waals surface area (Å²) < 4.78 is 11.1.